The molecule has 0 saturated carbocycles. The fourth-order valence-corrected chi connectivity index (χ4v) is 2.46. The lowest BCUT2D eigenvalue weighted by Gasteiger charge is -2.08. The largest absolute Gasteiger partial charge is 0.462 e. The zero-order valence-electron chi connectivity index (χ0n) is 12.5. The highest BCUT2D eigenvalue weighted by Gasteiger charge is 2.07. The van der Waals surface area contributed by atoms with E-state index < -0.39 is 0 Å². The van der Waals surface area contributed by atoms with Crippen LogP contribution in [0.5, 0.6) is 0 Å². The van der Waals surface area contributed by atoms with Gasteiger partial charge in [-0.05, 0) is 30.7 Å². The Morgan fingerprint density at radius 2 is 1.91 bits per heavy atom. The second-order valence-electron chi connectivity index (χ2n) is 5.33. The number of esters is 1. The standard InChI is InChI=1S/C19H17NO2/c1-13(2)19(21)22-11-10-14-7-5-9-18-16(14)12-15-6-3-4-8-17(15)20-18/h3-9,12H,1,10-11H2,2H3. The van der Waals surface area contributed by atoms with Crippen LogP contribution in [-0.4, -0.2) is 17.6 Å². The minimum Gasteiger partial charge on any atom is -0.462 e. The van der Waals surface area contributed by atoms with Gasteiger partial charge in [0.15, 0.2) is 0 Å². The van der Waals surface area contributed by atoms with E-state index in [9.17, 15) is 4.79 Å². The van der Waals surface area contributed by atoms with Crippen molar-refractivity contribution in [3.05, 3.63) is 66.2 Å². The van der Waals surface area contributed by atoms with Gasteiger partial charge in [0, 0.05) is 22.8 Å². The van der Waals surface area contributed by atoms with E-state index in [0.717, 1.165) is 27.4 Å². The number of hydrogen-bond donors (Lipinski definition) is 0. The number of benzene rings is 2. The van der Waals surface area contributed by atoms with Gasteiger partial charge in [-0.1, -0.05) is 36.9 Å². The Morgan fingerprint density at radius 1 is 1.14 bits per heavy atom. The van der Waals surface area contributed by atoms with Crippen LogP contribution in [0.4, 0.5) is 0 Å². The van der Waals surface area contributed by atoms with Crippen LogP contribution in [0.1, 0.15) is 12.5 Å². The molecule has 0 fully saturated rings. The normalized spacial score (nSPS) is 10.8. The van der Waals surface area contributed by atoms with Gasteiger partial charge >= 0.3 is 5.97 Å². The first kappa shape index (κ1) is 14.3. The van der Waals surface area contributed by atoms with E-state index in [-0.39, 0.29) is 5.97 Å². The summed E-state index contributed by atoms with van der Waals surface area (Å²) in [5.74, 6) is -0.344. The molecule has 0 atom stereocenters. The third-order valence-corrected chi connectivity index (χ3v) is 3.60. The van der Waals surface area contributed by atoms with Crippen LogP contribution in [0, 0.1) is 0 Å². The second kappa shape index (κ2) is 5.98. The molecule has 3 rings (SSSR count). The topological polar surface area (TPSA) is 39.2 Å². The van der Waals surface area contributed by atoms with E-state index in [4.69, 9.17) is 4.74 Å². The van der Waals surface area contributed by atoms with Crippen molar-refractivity contribution in [2.75, 3.05) is 6.61 Å². The Bertz CT molecular complexity index is 868. The van der Waals surface area contributed by atoms with Crippen LogP contribution in [0.15, 0.2) is 60.7 Å². The van der Waals surface area contributed by atoms with Crippen LogP contribution < -0.4 is 0 Å². The number of nitrogens with zero attached hydrogens (tertiary/aromatic N) is 1. The highest BCUT2D eigenvalue weighted by molar-refractivity contribution is 5.94. The summed E-state index contributed by atoms with van der Waals surface area (Å²) in [5.41, 5.74) is 3.50. The molecule has 0 aliphatic rings. The lowest BCUT2D eigenvalue weighted by molar-refractivity contribution is -0.138. The summed E-state index contributed by atoms with van der Waals surface area (Å²) in [6.07, 6.45) is 0.663. The van der Waals surface area contributed by atoms with E-state index >= 15 is 0 Å². The molecular formula is C19H17NO2. The maximum Gasteiger partial charge on any atom is 0.333 e. The average molecular weight is 291 g/mol. The van der Waals surface area contributed by atoms with Crippen LogP contribution in [0.25, 0.3) is 21.8 Å². The minimum absolute atomic E-state index is 0.344. The van der Waals surface area contributed by atoms with Gasteiger partial charge in [0.2, 0.25) is 0 Å². The van der Waals surface area contributed by atoms with Crippen molar-refractivity contribution < 1.29 is 9.53 Å². The molecule has 1 heterocycles. The Labute approximate surface area is 129 Å². The summed E-state index contributed by atoms with van der Waals surface area (Å²) in [6.45, 7) is 5.57. The monoisotopic (exact) mass is 291 g/mol. The molecule has 3 nitrogen and oxygen atoms in total. The summed E-state index contributed by atoms with van der Waals surface area (Å²) in [7, 11) is 0. The zero-order chi connectivity index (χ0) is 15.5. The molecule has 0 unspecified atom stereocenters. The number of ether oxygens (including phenoxy) is 1. The van der Waals surface area contributed by atoms with E-state index in [0.29, 0.717) is 18.6 Å². The second-order valence-corrected chi connectivity index (χ2v) is 5.33. The van der Waals surface area contributed by atoms with Gasteiger partial charge < -0.3 is 4.74 Å². The van der Waals surface area contributed by atoms with Crippen molar-refractivity contribution in [2.45, 2.75) is 13.3 Å². The number of rotatable bonds is 4. The number of carbonyl (C=O) groups is 1. The van der Waals surface area contributed by atoms with E-state index in [1.165, 1.54) is 0 Å². The molecule has 2 aromatic carbocycles. The van der Waals surface area contributed by atoms with Gasteiger partial charge in [0.05, 0.1) is 17.6 Å². The van der Waals surface area contributed by atoms with E-state index in [1.807, 2.05) is 36.4 Å². The van der Waals surface area contributed by atoms with Crippen molar-refractivity contribution in [2.24, 2.45) is 0 Å². The first-order valence-electron chi connectivity index (χ1n) is 7.25. The molecule has 0 N–H and O–H groups in total. The Balaban J connectivity index is 1.91. The van der Waals surface area contributed by atoms with Gasteiger partial charge in [0.25, 0.3) is 0 Å². The summed E-state index contributed by atoms with van der Waals surface area (Å²) in [5, 5.41) is 2.22. The minimum atomic E-state index is -0.344. The number of aromatic nitrogens is 1. The van der Waals surface area contributed by atoms with Gasteiger partial charge in [0.1, 0.15) is 0 Å². The fourth-order valence-electron chi connectivity index (χ4n) is 2.46. The van der Waals surface area contributed by atoms with Crippen molar-refractivity contribution in [1.82, 2.24) is 4.98 Å². The highest BCUT2D eigenvalue weighted by atomic mass is 16.5. The molecule has 0 aliphatic heterocycles. The number of hydrogen-bond acceptors (Lipinski definition) is 3. The molecule has 110 valence electrons. The number of pyridine rings is 1. The third-order valence-electron chi connectivity index (χ3n) is 3.60. The number of fused-ring (bicyclic) bond motifs is 2. The number of para-hydroxylation sites is 1. The smallest absolute Gasteiger partial charge is 0.333 e. The Hall–Kier alpha value is -2.68. The van der Waals surface area contributed by atoms with Crippen molar-refractivity contribution >= 4 is 27.8 Å². The van der Waals surface area contributed by atoms with Gasteiger partial charge in [-0.25, -0.2) is 9.78 Å². The van der Waals surface area contributed by atoms with Gasteiger partial charge in [-0.2, -0.15) is 0 Å². The molecule has 22 heavy (non-hydrogen) atoms. The predicted octanol–water partition coefficient (Wildman–Crippen LogP) is 4.05. The lowest BCUT2D eigenvalue weighted by Crippen LogP contribution is -2.08. The third kappa shape index (κ3) is 2.84. The summed E-state index contributed by atoms with van der Waals surface area (Å²) in [4.78, 5) is 16.1. The molecular weight excluding hydrogens is 274 g/mol. The molecule has 3 aromatic rings. The van der Waals surface area contributed by atoms with Crippen molar-refractivity contribution in [1.29, 1.82) is 0 Å². The molecule has 0 bridgehead atoms. The molecule has 3 heteroatoms. The zero-order valence-corrected chi connectivity index (χ0v) is 12.5. The quantitative estimate of drug-likeness (QED) is 0.413. The van der Waals surface area contributed by atoms with E-state index in [2.05, 4.69) is 23.7 Å². The fraction of sp³-hybridized carbons (Fsp3) is 0.158. The Morgan fingerprint density at radius 3 is 2.73 bits per heavy atom. The maximum absolute atomic E-state index is 11.4. The molecule has 0 saturated heterocycles. The molecule has 0 amide bonds. The lowest BCUT2D eigenvalue weighted by atomic mass is 10.0. The molecule has 0 spiro atoms. The first-order chi connectivity index (χ1) is 10.6. The highest BCUT2D eigenvalue weighted by Crippen LogP contribution is 2.23. The van der Waals surface area contributed by atoms with Crippen LogP contribution in [-0.2, 0) is 16.0 Å². The van der Waals surface area contributed by atoms with Crippen LogP contribution >= 0.6 is 0 Å². The molecule has 0 radical (unpaired) electrons. The van der Waals surface area contributed by atoms with Crippen molar-refractivity contribution in [3.63, 3.8) is 0 Å². The van der Waals surface area contributed by atoms with Crippen LogP contribution in [0.2, 0.25) is 0 Å². The number of carbonyl (C=O) groups excluding carboxylic acids is 1. The maximum atomic E-state index is 11.4. The predicted molar refractivity (Wildman–Crippen MR) is 88.7 cm³/mol. The van der Waals surface area contributed by atoms with E-state index in [1.54, 1.807) is 6.92 Å². The summed E-state index contributed by atoms with van der Waals surface area (Å²) >= 11 is 0. The molecule has 0 aliphatic carbocycles. The van der Waals surface area contributed by atoms with Gasteiger partial charge in [-0.3, -0.25) is 0 Å². The summed E-state index contributed by atoms with van der Waals surface area (Å²) in [6, 6.07) is 16.2. The average Bonchev–Trinajstić information content (AvgIpc) is 2.53. The Kier molecular flexibility index (Phi) is 3.88. The molecule has 1 aromatic heterocycles. The van der Waals surface area contributed by atoms with Crippen LogP contribution in [0.3, 0.4) is 0 Å². The van der Waals surface area contributed by atoms with Gasteiger partial charge in [-0.15, -0.1) is 0 Å². The first-order valence-corrected chi connectivity index (χ1v) is 7.25. The summed E-state index contributed by atoms with van der Waals surface area (Å²) < 4.78 is 5.18. The SMILES string of the molecule is C=C(C)C(=O)OCCc1cccc2nc3ccccc3cc12. The van der Waals surface area contributed by atoms with Crippen molar-refractivity contribution in [3.8, 4) is 0 Å².